The molecule has 2 aromatic rings. The van der Waals surface area contributed by atoms with Crippen molar-refractivity contribution in [3.8, 4) is 5.75 Å². The maximum absolute atomic E-state index is 14.4. The number of hydrogen-bond donors (Lipinski definition) is 1. The number of aromatic nitrogens is 1. The lowest BCUT2D eigenvalue weighted by atomic mass is 9.66. The van der Waals surface area contributed by atoms with Crippen molar-refractivity contribution in [2.45, 2.75) is 77.5 Å². The molecule has 2 unspecified atom stereocenters. The Bertz CT molecular complexity index is 1400. The van der Waals surface area contributed by atoms with Crippen LogP contribution in [0.25, 0.3) is 0 Å². The summed E-state index contributed by atoms with van der Waals surface area (Å²) in [5.41, 5.74) is 1.46. The number of alkyl halides is 2. The molecule has 0 bridgehead atoms. The molecule has 8 nitrogen and oxygen atoms in total. The van der Waals surface area contributed by atoms with Crippen LogP contribution in [0.4, 0.5) is 8.78 Å². The Morgan fingerprint density at radius 2 is 2.05 bits per heavy atom. The Hall–Kier alpha value is -2.79. The third-order valence-corrected chi connectivity index (χ3v) is 10.8. The summed E-state index contributed by atoms with van der Waals surface area (Å²) in [6.45, 7) is 2.18. The average molecular weight is 608 g/mol. The Balaban J connectivity index is 1.41. The second-order valence-electron chi connectivity index (χ2n) is 12.1. The molecule has 1 spiro atoms. The van der Waals surface area contributed by atoms with Gasteiger partial charge in [-0.25, -0.2) is 13.8 Å². The maximum Gasteiger partial charge on any atom is 0.310 e. The van der Waals surface area contributed by atoms with Crippen molar-refractivity contribution in [3.63, 3.8) is 0 Å². The van der Waals surface area contributed by atoms with Crippen LogP contribution in [-0.4, -0.2) is 50.8 Å². The highest BCUT2D eigenvalue weighted by Gasteiger charge is 2.56. The molecular formula is C29H32ClF2N3O5S. The number of carboxylic acids is 1. The Morgan fingerprint density at radius 3 is 2.73 bits per heavy atom. The van der Waals surface area contributed by atoms with Gasteiger partial charge >= 0.3 is 5.97 Å². The summed E-state index contributed by atoms with van der Waals surface area (Å²) in [7, 11) is 0. The van der Waals surface area contributed by atoms with Crippen LogP contribution >= 0.6 is 22.9 Å². The zero-order valence-electron chi connectivity index (χ0n) is 22.7. The standard InChI is InChI=1S/C29H32ClF2N3O5S/c1-28(27(38)39)8-3-2-4-17(28)26(37)34-11-7-16-18(30)5-6-20(40-13-19-23(24(31)32)41-15-33-19)22(16)25(34)35-14-29(9-10-29)12-21(35)36/h5-6,15,17,24-25H,2-4,7-14H2,1H3,(H,38,39)/t17?,25?,28-/m0/s1. The van der Waals surface area contributed by atoms with Gasteiger partial charge in [0.25, 0.3) is 6.43 Å². The lowest BCUT2D eigenvalue weighted by Gasteiger charge is -2.47. The molecule has 4 aliphatic rings. The van der Waals surface area contributed by atoms with Crippen molar-refractivity contribution in [1.29, 1.82) is 0 Å². The number of nitrogens with zero attached hydrogens (tertiary/aromatic N) is 3. The highest BCUT2D eigenvalue weighted by atomic mass is 35.5. The number of likely N-dealkylation sites (tertiary alicyclic amines) is 1. The number of amides is 2. The van der Waals surface area contributed by atoms with Crippen molar-refractivity contribution in [1.82, 2.24) is 14.8 Å². The van der Waals surface area contributed by atoms with Gasteiger partial charge in [0.1, 0.15) is 18.5 Å². The minimum atomic E-state index is -2.68. The SMILES string of the molecule is C[C@]1(C(=O)O)CCCCC1C(=O)N1CCc2c(Cl)ccc(OCc3ncsc3C(F)F)c2C1N1CC2(CC2)CC1=O. The molecular weight excluding hydrogens is 576 g/mol. The molecule has 1 saturated heterocycles. The lowest BCUT2D eigenvalue weighted by molar-refractivity contribution is -0.165. The van der Waals surface area contributed by atoms with Crippen LogP contribution in [0.3, 0.4) is 0 Å². The van der Waals surface area contributed by atoms with Crippen LogP contribution in [0.5, 0.6) is 5.75 Å². The predicted octanol–water partition coefficient (Wildman–Crippen LogP) is 5.99. The van der Waals surface area contributed by atoms with Gasteiger partial charge in [-0.15, -0.1) is 11.3 Å². The predicted molar refractivity (Wildman–Crippen MR) is 147 cm³/mol. The Kier molecular flexibility index (Phi) is 7.25. The number of benzene rings is 1. The Morgan fingerprint density at radius 1 is 1.27 bits per heavy atom. The van der Waals surface area contributed by atoms with E-state index in [4.69, 9.17) is 16.3 Å². The zero-order valence-corrected chi connectivity index (χ0v) is 24.3. The summed E-state index contributed by atoms with van der Waals surface area (Å²) in [4.78, 5) is 47.5. The molecule has 3 fully saturated rings. The number of rotatable bonds is 7. The molecule has 2 saturated carbocycles. The summed E-state index contributed by atoms with van der Waals surface area (Å²) >= 11 is 7.53. The summed E-state index contributed by atoms with van der Waals surface area (Å²) < 4.78 is 33.1. The van der Waals surface area contributed by atoms with Crippen molar-refractivity contribution in [2.24, 2.45) is 16.7 Å². The summed E-state index contributed by atoms with van der Waals surface area (Å²) in [6, 6.07) is 3.32. The van der Waals surface area contributed by atoms with Gasteiger partial charge in [-0.2, -0.15) is 0 Å². The van der Waals surface area contributed by atoms with Gasteiger partial charge in [-0.1, -0.05) is 24.4 Å². The molecule has 41 heavy (non-hydrogen) atoms. The summed E-state index contributed by atoms with van der Waals surface area (Å²) in [6.07, 6.45) is 1.46. The number of carbonyl (C=O) groups excluding carboxylic acids is 2. The van der Waals surface area contributed by atoms with E-state index in [-0.39, 0.29) is 41.0 Å². The molecule has 2 amide bonds. The molecule has 1 N–H and O–H groups in total. The van der Waals surface area contributed by atoms with Crippen LogP contribution < -0.4 is 4.74 Å². The number of carbonyl (C=O) groups is 3. The van der Waals surface area contributed by atoms with E-state index in [0.717, 1.165) is 42.6 Å². The third-order valence-electron chi connectivity index (χ3n) is 9.53. The van der Waals surface area contributed by atoms with Gasteiger partial charge in [-0.05, 0) is 62.1 Å². The number of aliphatic carboxylic acids is 1. The molecule has 2 aliphatic heterocycles. The quantitative estimate of drug-likeness (QED) is 0.415. The molecule has 3 heterocycles. The van der Waals surface area contributed by atoms with Gasteiger partial charge in [0.2, 0.25) is 11.8 Å². The molecule has 12 heteroatoms. The number of hydrogen-bond acceptors (Lipinski definition) is 6. The topological polar surface area (TPSA) is 100 Å². The molecule has 0 radical (unpaired) electrons. The monoisotopic (exact) mass is 607 g/mol. The minimum absolute atomic E-state index is 0.0757. The van der Waals surface area contributed by atoms with Crippen LogP contribution in [0.2, 0.25) is 5.02 Å². The van der Waals surface area contributed by atoms with E-state index in [1.165, 1.54) is 5.51 Å². The summed E-state index contributed by atoms with van der Waals surface area (Å²) in [5, 5.41) is 10.6. The van der Waals surface area contributed by atoms with Gasteiger partial charge in [0.05, 0.1) is 27.4 Å². The first-order valence-corrected chi connectivity index (χ1v) is 15.3. The van der Waals surface area contributed by atoms with E-state index >= 15 is 0 Å². The first-order valence-electron chi connectivity index (χ1n) is 14.0. The first-order chi connectivity index (χ1) is 19.5. The largest absolute Gasteiger partial charge is 0.487 e. The second kappa shape index (κ2) is 10.5. The fraction of sp³-hybridized carbons (Fsp3) is 0.586. The molecule has 220 valence electrons. The van der Waals surface area contributed by atoms with E-state index in [9.17, 15) is 28.3 Å². The van der Waals surface area contributed by atoms with Crippen molar-refractivity contribution in [2.75, 3.05) is 13.1 Å². The van der Waals surface area contributed by atoms with Crippen molar-refractivity contribution < 1.29 is 33.0 Å². The molecule has 1 aromatic heterocycles. The van der Waals surface area contributed by atoms with Crippen LogP contribution in [0.15, 0.2) is 17.6 Å². The van der Waals surface area contributed by atoms with E-state index in [1.807, 2.05) is 0 Å². The van der Waals surface area contributed by atoms with Gasteiger partial charge in [0, 0.05) is 30.1 Å². The van der Waals surface area contributed by atoms with Crippen LogP contribution in [0.1, 0.15) is 86.2 Å². The molecule has 1 aromatic carbocycles. The first kappa shape index (κ1) is 28.3. The third kappa shape index (κ3) is 4.88. The normalized spacial score (nSPS) is 26.9. The van der Waals surface area contributed by atoms with Crippen LogP contribution in [0, 0.1) is 16.7 Å². The number of thiazole rings is 1. The second-order valence-corrected chi connectivity index (χ2v) is 13.4. The fourth-order valence-corrected chi connectivity index (χ4v) is 7.81. The fourth-order valence-electron chi connectivity index (χ4n) is 6.90. The highest BCUT2D eigenvalue weighted by Crippen LogP contribution is 2.56. The van der Waals surface area contributed by atoms with E-state index in [2.05, 4.69) is 4.98 Å². The van der Waals surface area contributed by atoms with E-state index in [1.54, 1.807) is 28.9 Å². The lowest BCUT2D eigenvalue weighted by Crippen LogP contribution is -2.54. The van der Waals surface area contributed by atoms with Gasteiger partial charge in [-0.3, -0.25) is 14.4 Å². The number of carboxylic acid groups (broad SMARTS) is 1. The molecule has 2 aliphatic carbocycles. The highest BCUT2D eigenvalue weighted by molar-refractivity contribution is 7.09. The number of ether oxygens (including phenoxy) is 1. The Labute approximate surface area is 245 Å². The molecule has 6 rings (SSSR count). The molecule has 3 atom stereocenters. The minimum Gasteiger partial charge on any atom is -0.487 e. The average Bonchev–Trinajstić information content (AvgIpc) is 3.37. The maximum atomic E-state index is 14.4. The summed E-state index contributed by atoms with van der Waals surface area (Å²) in [5.74, 6) is -1.76. The van der Waals surface area contributed by atoms with Crippen molar-refractivity contribution >= 4 is 40.7 Å². The van der Waals surface area contributed by atoms with Crippen LogP contribution in [-0.2, 0) is 27.4 Å². The number of fused-ring (bicyclic) bond motifs is 1. The number of halogens is 3. The van der Waals surface area contributed by atoms with Gasteiger partial charge in [0.15, 0.2) is 0 Å². The van der Waals surface area contributed by atoms with Crippen molar-refractivity contribution in [3.05, 3.63) is 44.4 Å². The smallest absolute Gasteiger partial charge is 0.310 e. The van der Waals surface area contributed by atoms with E-state index in [0.29, 0.717) is 48.6 Å². The van der Waals surface area contributed by atoms with E-state index < -0.39 is 29.9 Å². The zero-order chi connectivity index (χ0) is 29.1. The van der Waals surface area contributed by atoms with Gasteiger partial charge < -0.3 is 19.6 Å².